The lowest BCUT2D eigenvalue weighted by molar-refractivity contribution is 0.0696. The molecule has 0 radical (unpaired) electrons. The maximum Gasteiger partial charge on any atom is 0.335 e. The number of rotatable bonds is 4. The molecule has 0 saturated heterocycles. The predicted molar refractivity (Wildman–Crippen MR) is 83.4 cm³/mol. The molecule has 21 heavy (non-hydrogen) atoms. The summed E-state index contributed by atoms with van der Waals surface area (Å²) < 4.78 is 25.6. The Morgan fingerprint density at radius 1 is 1.19 bits per heavy atom. The molecule has 0 atom stereocenters. The van der Waals surface area contributed by atoms with Crippen LogP contribution in [0.15, 0.2) is 51.8 Å². The van der Waals surface area contributed by atoms with Crippen LogP contribution in [0.5, 0.6) is 0 Å². The van der Waals surface area contributed by atoms with Gasteiger partial charge in [0.2, 0.25) is 0 Å². The van der Waals surface area contributed by atoms with Gasteiger partial charge in [0.25, 0.3) is 0 Å². The molecule has 0 saturated carbocycles. The van der Waals surface area contributed by atoms with Crippen LogP contribution in [0.1, 0.15) is 15.9 Å². The van der Waals surface area contributed by atoms with Gasteiger partial charge in [-0.15, -0.1) is 0 Å². The van der Waals surface area contributed by atoms with E-state index in [9.17, 15) is 13.2 Å². The molecule has 0 aliphatic rings. The summed E-state index contributed by atoms with van der Waals surface area (Å²) in [5.74, 6) is -1.46. The number of halogens is 2. The van der Waals surface area contributed by atoms with Crippen molar-refractivity contribution in [3.63, 3.8) is 0 Å². The summed E-state index contributed by atoms with van der Waals surface area (Å²) in [4.78, 5) is 10.8. The van der Waals surface area contributed by atoms with Gasteiger partial charge in [-0.2, -0.15) is 0 Å². The van der Waals surface area contributed by atoms with Crippen molar-refractivity contribution in [1.82, 2.24) is 0 Å². The van der Waals surface area contributed by atoms with Crippen LogP contribution in [-0.2, 0) is 15.6 Å². The van der Waals surface area contributed by atoms with E-state index >= 15 is 0 Å². The van der Waals surface area contributed by atoms with E-state index in [0.29, 0.717) is 5.56 Å². The third kappa shape index (κ3) is 3.84. The van der Waals surface area contributed by atoms with Gasteiger partial charge in [-0.3, -0.25) is 0 Å². The van der Waals surface area contributed by atoms with Gasteiger partial charge in [-0.1, -0.05) is 39.7 Å². The van der Waals surface area contributed by atoms with Crippen LogP contribution in [0.2, 0.25) is 5.02 Å². The summed E-state index contributed by atoms with van der Waals surface area (Å²) in [5.41, 5.74) is 0.466. The van der Waals surface area contributed by atoms with E-state index in [1.54, 1.807) is 24.3 Å². The van der Waals surface area contributed by atoms with E-state index in [4.69, 9.17) is 16.7 Å². The van der Waals surface area contributed by atoms with Gasteiger partial charge in [0, 0.05) is 4.47 Å². The summed E-state index contributed by atoms with van der Waals surface area (Å²) in [6.45, 7) is 0. The summed E-state index contributed by atoms with van der Waals surface area (Å²) in [7, 11) is -3.73. The first-order valence-corrected chi connectivity index (χ1v) is 8.62. The molecule has 0 amide bonds. The molecule has 0 fully saturated rings. The number of benzene rings is 2. The molecule has 0 aromatic heterocycles. The van der Waals surface area contributed by atoms with Crippen molar-refractivity contribution in [1.29, 1.82) is 0 Å². The molecule has 0 bridgehead atoms. The largest absolute Gasteiger partial charge is 0.478 e. The van der Waals surface area contributed by atoms with E-state index in [1.165, 1.54) is 12.1 Å². The van der Waals surface area contributed by atoms with Crippen molar-refractivity contribution >= 4 is 43.3 Å². The first-order chi connectivity index (χ1) is 9.79. The van der Waals surface area contributed by atoms with Gasteiger partial charge in [0.15, 0.2) is 9.84 Å². The lowest BCUT2D eigenvalue weighted by atomic mass is 10.2. The molecule has 0 aliphatic carbocycles. The molecule has 2 rings (SSSR count). The zero-order valence-electron chi connectivity index (χ0n) is 10.6. The lowest BCUT2D eigenvalue weighted by Crippen LogP contribution is -2.07. The Bertz CT molecular complexity index is 802. The quantitative estimate of drug-likeness (QED) is 0.864. The Morgan fingerprint density at radius 3 is 2.52 bits per heavy atom. The minimum atomic E-state index is -3.73. The van der Waals surface area contributed by atoms with Gasteiger partial charge < -0.3 is 5.11 Å². The molecular weight excluding hydrogens is 380 g/mol. The van der Waals surface area contributed by atoms with E-state index in [2.05, 4.69) is 15.9 Å². The van der Waals surface area contributed by atoms with Gasteiger partial charge in [0.05, 0.1) is 21.2 Å². The number of carboxylic acid groups (broad SMARTS) is 1. The minimum Gasteiger partial charge on any atom is -0.478 e. The molecule has 4 nitrogen and oxygen atoms in total. The highest BCUT2D eigenvalue weighted by molar-refractivity contribution is 9.10. The zero-order chi connectivity index (χ0) is 15.6. The maximum absolute atomic E-state index is 12.4. The lowest BCUT2D eigenvalue weighted by Gasteiger charge is -2.08. The topological polar surface area (TPSA) is 71.4 Å². The maximum atomic E-state index is 12.4. The van der Waals surface area contributed by atoms with Gasteiger partial charge >= 0.3 is 5.97 Å². The number of hydrogen-bond acceptors (Lipinski definition) is 3. The number of sulfone groups is 1. The fourth-order valence-corrected chi connectivity index (χ4v) is 4.16. The molecule has 2 aromatic rings. The van der Waals surface area contributed by atoms with Crippen molar-refractivity contribution in [2.75, 3.05) is 0 Å². The molecule has 2 aromatic carbocycles. The van der Waals surface area contributed by atoms with Crippen molar-refractivity contribution in [3.8, 4) is 0 Å². The van der Waals surface area contributed by atoms with E-state index in [-0.39, 0.29) is 21.2 Å². The average molecular weight is 390 g/mol. The van der Waals surface area contributed by atoms with E-state index < -0.39 is 15.8 Å². The number of carboxylic acids is 1. The highest BCUT2D eigenvalue weighted by Gasteiger charge is 2.21. The molecular formula is C14H10BrClO4S. The number of carbonyl (C=O) groups is 1. The molecule has 0 spiro atoms. The molecule has 0 aliphatic heterocycles. The molecule has 0 heterocycles. The highest BCUT2D eigenvalue weighted by Crippen LogP contribution is 2.26. The van der Waals surface area contributed by atoms with Crippen molar-refractivity contribution < 1.29 is 18.3 Å². The van der Waals surface area contributed by atoms with E-state index in [0.717, 1.165) is 10.5 Å². The first-order valence-electron chi connectivity index (χ1n) is 5.79. The fraction of sp³-hybridized carbons (Fsp3) is 0.0714. The third-order valence-corrected chi connectivity index (χ3v) is 5.42. The zero-order valence-corrected chi connectivity index (χ0v) is 13.7. The second-order valence-corrected chi connectivity index (χ2v) is 7.62. The number of aromatic carboxylic acids is 1. The molecule has 1 N–H and O–H groups in total. The Hall–Kier alpha value is -1.37. The molecule has 7 heteroatoms. The van der Waals surface area contributed by atoms with Crippen LogP contribution in [0.25, 0.3) is 0 Å². The highest BCUT2D eigenvalue weighted by atomic mass is 79.9. The smallest absolute Gasteiger partial charge is 0.335 e. The van der Waals surface area contributed by atoms with Crippen LogP contribution in [0, 0.1) is 0 Å². The van der Waals surface area contributed by atoms with Crippen molar-refractivity contribution in [2.45, 2.75) is 10.6 Å². The SMILES string of the molecule is O=C(O)c1ccc(Cl)c(S(=O)(=O)Cc2cccc(Br)c2)c1. The monoisotopic (exact) mass is 388 g/mol. The Morgan fingerprint density at radius 2 is 1.90 bits per heavy atom. The second-order valence-electron chi connectivity index (χ2n) is 4.34. The van der Waals surface area contributed by atoms with Crippen LogP contribution in [0.3, 0.4) is 0 Å². The van der Waals surface area contributed by atoms with Gasteiger partial charge in [0.1, 0.15) is 0 Å². The first kappa shape index (κ1) is 16.0. The Labute approximate surface area is 135 Å². The third-order valence-electron chi connectivity index (χ3n) is 2.76. The molecule has 110 valence electrons. The predicted octanol–water partition coefficient (Wildman–Crippen LogP) is 3.77. The van der Waals surface area contributed by atoms with Crippen LogP contribution in [0.4, 0.5) is 0 Å². The molecule has 0 unspecified atom stereocenters. The summed E-state index contributed by atoms with van der Waals surface area (Å²) in [5, 5.41) is 8.96. The van der Waals surface area contributed by atoms with Crippen LogP contribution < -0.4 is 0 Å². The Kier molecular flexibility index (Phi) is 4.70. The summed E-state index contributed by atoms with van der Waals surface area (Å²) in [6.07, 6.45) is 0. The standard InChI is InChI=1S/C14H10BrClO4S/c15-11-3-1-2-9(6-11)8-21(19,20)13-7-10(14(17)18)4-5-12(13)16/h1-7H,8H2,(H,17,18). The van der Waals surface area contributed by atoms with Crippen molar-refractivity contribution in [2.24, 2.45) is 0 Å². The van der Waals surface area contributed by atoms with Crippen LogP contribution in [-0.4, -0.2) is 19.5 Å². The van der Waals surface area contributed by atoms with Crippen molar-refractivity contribution in [3.05, 3.63) is 63.1 Å². The van der Waals surface area contributed by atoms with Gasteiger partial charge in [-0.25, -0.2) is 13.2 Å². The average Bonchev–Trinajstić information content (AvgIpc) is 2.38. The number of hydrogen-bond donors (Lipinski definition) is 1. The normalized spacial score (nSPS) is 11.3. The van der Waals surface area contributed by atoms with Crippen LogP contribution >= 0.6 is 27.5 Å². The minimum absolute atomic E-state index is 0.00926. The summed E-state index contributed by atoms with van der Waals surface area (Å²) >= 11 is 9.17. The summed E-state index contributed by atoms with van der Waals surface area (Å²) in [6, 6.07) is 10.5. The second kappa shape index (κ2) is 6.17. The van der Waals surface area contributed by atoms with E-state index in [1.807, 2.05) is 0 Å². The van der Waals surface area contributed by atoms with Gasteiger partial charge in [-0.05, 0) is 35.9 Å². The fourth-order valence-electron chi connectivity index (χ4n) is 1.80. The Balaban J connectivity index is 2.44.